The Morgan fingerprint density at radius 2 is 2.00 bits per heavy atom. The van der Waals surface area contributed by atoms with E-state index in [1.54, 1.807) is 18.2 Å². The van der Waals surface area contributed by atoms with Crippen molar-refractivity contribution in [1.82, 2.24) is 4.98 Å². The van der Waals surface area contributed by atoms with Gasteiger partial charge in [-0.1, -0.05) is 23.7 Å². The Balaban J connectivity index is 1.50. The quantitative estimate of drug-likeness (QED) is 0.517. The van der Waals surface area contributed by atoms with Gasteiger partial charge in [0.2, 0.25) is 0 Å². The molecule has 0 N–H and O–H groups in total. The molecule has 5 heteroatoms. The standard InChI is InChI=1S/C17H14ClNO3/c18-13-6-4-12(5-7-13)2-1-3-17(20)22-14-8-9-16-15(10-14)19-11-21-16/h4-11H,1-3H2. The number of rotatable bonds is 5. The molecule has 0 unspecified atom stereocenters. The number of esters is 1. The number of benzene rings is 2. The highest BCUT2D eigenvalue weighted by molar-refractivity contribution is 6.30. The Bertz CT molecular complexity index is 780. The number of nitrogens with zero attached hydrogens (tertiary/aromatic N) is 1. The van der Waals surface area contributed by atoms with Crippen molar-refractivity contribution < 1.29 is 13.9 Å². The van der Waals surface area contributed by atoms with Gasteiger partial charge in [0, 0.05) is 17.5 Å². The molecule has 1 heterocycles. The van der Waals surface area contributed by atoms with Crippen molar-refractivity contribution in [3.63, 3.8) is 0 Å². The van der Waals surface area contributed by atoms with Gasteiger partial charge in [-0.2, -0.15) is 0 Å². The summed E-state index contributed by atoms with van der Waals surface area (Å²) >= 11 is 5.83. The zero-order valence-corrected chi connectivity index (χ0v) is 12.5. The number of ether oxygens (including phenoxy) is 1. The van der Waals surface area contributed by atoms with Crippen molar-refractivity contribution in [2.75, 3.05) is 0 Å². The van der Waals surface area contributed by atoms with Gasteiger partial charge in [-0.25, -0.2) is 4.98 Å². The number of oxazole rings is 1. The molecule has 112 valence electrons. The zero-order chi connectivity index (χ0) is 15.4. The van der Waals surface area contributed by atoms with E-state index in [1.807, 2.05) is 24.3 Å². The number of hydrogen-bond acceptors (Lipinski definition) is 4. The van der Waals surface area contributed by atoms with E-state index in [4.69, 9.17) is 20.8 Å². The number of hydrogen-bond donors (Lipinski definition) is 0. The van der Waals surface area contributed by atoms with Gasteiger partial charge < -0.3 is 9.15 Å². The lowest BCUT2D eigenvalue weighted by molar-refractivity contribution is -0.134. The molecule has 0 aliphatic heterocycles. The zero-order valence-electron chi connectivity index (χ0n) is 11.8. The van der Waals surface area contributed by atoms with Crippen LogP contribution in [-0.2, 0) is 11.2 Å². The maximum atomic E-state index is 11.8. The van der Waals surface area contributed by atoms with Crippen LogP contribution in [-0.4, -0.2) is 11.0 Å². The maximum absolute atomic E-state index is 11.8. The monoisotopic (exact) mass is 315 g/mol. The highest BCUT2D eigenvalue weighted by atomic mass is 35.5. The fraction of sp³-hybridized carbons (Fsp3) is 0.176. The molecule has 0 aliphatic rings. The average molecular weight is 316 g/mol. The molecule has 22 heavy (non-hydrogen) atoms. The molecule has 0 atom stereocenters. The molecule has 1 aromatic heterocycles. The number of aromatic nitrogens is 1. The van der Waals surface area contributed by atoms with Crippen molar-refractivity contribution in [3.05, 3.63) is 59.4 Å². The minimum Gasteiger partial charge on any atom is -0.443 e. The van der Waals surface area contributed by atoms with Gasteiger partial charge >= 0.3 is 5.97 Å². The number of carbonyl (C=O) groups excluding carboxylic acids is 1. The van der Waals surface area contributed by atoms with Gasteiger partial charge in [0.05, 0.1) is 0 Å². The van der Waals surface area contributed by atoms with Crippen LogP contribution in [0.4, 0.5) is 0 Å². The SMILES string of the molecule is O=C(CCCc1ccc(Cl)cc1)Oc1ccc2ocnc2c1. The molecule has 0 bridgehead atoms. The van der Waals surface area contributed by atoms with E-state index in [0.717, 1.165) is 18.4 Å². The van der Waals surface area contributed by atoms with Gasteiger partial charge in [-0.05, 0) is 42.7 Å². The van der Waals surface area contributed by atoms with Crippen LogP contribution in [0.3, 0.4) is 0 Å². The number of aryl methyl sites for hydroxylation is 1. The average Bonchev–Trinajstić information content (AvgIpc) is 2.97. The second kappa shape index (κ2) is 6.62. The highest BCUT2D eigenvalue weighted by Crippen LogP contribution is 2.20. The van der Waals surface area contributed by atoms with Crippen LogP contribution in [0.2, 0.25) is 5.02 Å². The second-order valence-electron chi connectivity index (χ2n) is 4.94. The van der Waals surface area contributed by atoms with E-state index in [1.165, 1.54) is 6.39 Å². The molecule has 0 aliphatic carbocycles. The predicted molar refractivity (Wildman–Crippen MR) is 84.0 cm³/mol. The van der Waals surface area contributed by atoms with E-state index in [0.29, 0.717) is 28.3 Å². The first kappa shape index (κ1) is 14.6. The van der Waals surface area contributed by atoms with Gasteiger partial charge in [0.25, 0.3) is 0 Å². The van der Waals surface area contributed by atoms with Crippen LogP contribution in [0.1, 0.15) is 18.4 Å². The number of carbonyl (C=O) groups is 1. The van der Waals surface area contributed by atoms with Crippen molar-refractivity contribution >= 4 is 28.7 Å². The van der Waals surface area contributed by atoms with Gasteiger partial charge in [-0.3, -0.25) is 4.79 Å². The molecule has 0 saturated carbocycles. The summed E-state index contributed by atoms with van der Waals surface area (Å²) in [5.41, 5.74) is 2.50. The van der Waals surface area contributed by atoms with Gasteiger partial charge in [0.15, 0.2) is 12.0 Å². The van der Waals surface area contributed by atoms with Crippen LogP contribution in [0.15, 0.2) is 53.3 Å². The smallest absolute Gasteiger partial charge is 0.311 e. The van der Waals surface area contributed by atoms with Crippen LogP contribution < -0.4 is 4.74 Å². The largest absolute Gasteiger partial charge is 0.443 e. The van der Waals surface area contributed by atoms with Gasteiger partial charge in [0.1, 0.15) is 11.3 Å². The molecule has 2 aromatic carbocycles. The van der Waals surface area contributed by atoms with E-state index in [9.17, 15) is 4.79 Å². The summed E-state index contributed by atoms with van der Waals surface area (Å²) < 4.78 is 10.4. The van der Waals surface area contributed by atoms with Crippen molar-refractivity contribution in [1.29, 1.82) is 0 Å². The highest BCUT2D eigenvalue weighted by Gasteiger charge is 2.07. The first-order chi connectivity index (χ1) is 10.7. The summed E-state index contributed by atoms with van der Waals surface area (Å²) in [6.45, 7) is 0. The molecule has 0 saturated heterocycles. The molecule has 0 radical (unpaired) electrons. The molecular weight excluding hydrogens is 302 g/mol. The lowest BCUT2D eigenvalue weighted by Crippen LogP contribution is -2.08. The molecule has 4 nitrogen and oxygen atoms in total. The Morgan fingerprint density at radius 1 is 1.18 bits per heavy atom. The minimum absolute atomic E-state index is 0.253. The summed E-state index contributed by atoms with van der Waals surface area (Å²) in [5.74, 6) is 0.231. The molecular formula is C17H14ClNO3. The summed E-state index contributed by atoms with van der Waals surface area (Å²) in [5, 5.41) is 0.714. The Hall–Kier alpha value is -2.33. The first-order valence-corrected chi connectivity index (χ1v) is 7.37. The number of fused-ring (bicyclic) bond motifs is 1. The third-order valence-corrected chi connectivity index (χ3v) is 3.55. The topological polar surface area (TPSA) is 52.3 Å². The van der Waals surface area contributed by atoms with Crippen LogP contribution in [0.5, 0.6) is 5.75 Å². The normalized spacial score (nSPS) is 10.8. The Labute approximate surface area is 132 Å². The van der Waals surface area contributed by atoms with E-state index in [2.05, 4.69) is 4.98 Å². The van der Waals surface area contributed by atoms with Crippen LogP contribution >= 0.6 is 11.6 Å². The summed E-state index contributed by atoms with van der Waals surface area (Å²) in [7, 11) is 0. The van der Waals surface area contributed by atoms with Crippen molar-refractivity contribution in [2.24, 2.45) is 0 Å². The third-order valence-electron chi connectivity index (χ3n) is 3.29. The minimum atomic E-state index is -0.253. The van der Waals surface area contributed by atoms with Gasteiger partial charge in [-0.15, -0.1) is 0 Å². The summed E-state index contributed by atoms with van der Waals surface area (Å²) in [6, 6.07) is 12.8. The third kappa shape index (κ3) is 3.65. The second-order valence-corrected chi connectivity index (χ2v) is 5.37. The lowest BCUT2D eigenvalue weighted by Gasteiger charge is -2.04. The predicted octanol–water partition coefficient (Wildman–Crippen LogP) is 4.41. The van der Waals surface area contributed by atoms with E-state index >= 15 is 0 Å². The maximum Gasteiger partial charge on any atom is 0.311 e. The van der Waals surface area contributed by atoms with Crippen molar-refractivity contribution in [2.45, 2.75) is 19.3 Å². The van der Waals surface area contributed by atoms with Crippen molar-refractivity contribution in [3.8, 4) is 5.75 Å². The van der Waals surface area contributed by atoms with E-state index in [-0.39, 0.29) is 5.97 Å². The van der Waals surface area contributed by atoms with Crippen LogP contribution in [0, 0.1) is 0 Å². The molecule has 0 spiro atoms. The molecule has 3 rings (SSSR count). The molecule has 3 aromatic rings. The fourth-order valence-electron chi connectivity index (χ4n) is 2.17. The summed E-state index contributed by atoms with van der Waals surface area (Å²) in [4.78, 5) is 15.9. The molecule has 0 amide bonds. The fourth-order valence-corrected chi connectivity index (χ4v) is 2.30. The lowest BCUT2D eigenvalue weighted by atomic mass is 10.1. The Morgan fingerprint density at radius 3 is 2.82 bits per heavy atom. The molecule has 0 fully saturated rings. The van der Waals surface area contributed by atoms with Crippen LogP contribution in [0.25, 0.3) is 11.1 Å². The summed E-state index contributed by atoms with van der Waals surface area (Å²) in [6.07, 6.45) is 3.27. The Kier molecular flexibility index (Phi) is 4.39. The number of halogens is 1. The first-order valence-electron chi connectivity index (χ1n) is 6.99. The van der Waals surface area contributed by atoms with E-state index < -0.39 is 0 Å².